The van der Waals surface area contributed by atoms with Gasteiger partial charge in [0, 0.05) is 11.6 Å². The Morgan fingerprint density at radius 2 is 1.85 bits per heavy atom. The van der Waals surface area contributed by atoms with Gasteiger partial charge in [0.15, 0.2) is 0 Å². The average Bonchev–Trinajstić information content (AvgIpc) is 3.15. The first kappa shape index (κ1) is 18.4. The highest BCUT2D eigenvalue weighted by Gasteiger charge is 2.21. The third-order valence-electron chi connectivity index (χ3n) is 4.04. The molecule has 2 amide bonds. The van der Waals surface area contributed by atoms with E-state index in [2.05, 4.69) is 15.5 Å². The normalized spacial score (nSPS) is 10.7. The van der Waals surface area contributed by atoms with Crippen LogP contribution in [0.5, 0.6) is 5.75 Å². The Morgan fingerprint density at radius 1 is 1.15 bits per heavy atom. The number of amides is 2. The second kappa shape index (κ2) is 8.35. The van der Waals surface area contributed by atoms with Crippen LogP contribution >= 0.6 is 0 Å². The lowest BCUT2D eigenvalue weighted by molar-refractivity contribution is 0.182. The zero-order valence-electron chi connectivity index (χ0n) is 15.5. The van der Waals surface area contributed by atoms with Crippen molar-refractivity contribution in [3.05, 3.63) is 60.5 Å². The minimum absolute atomic E-state index is 0.0632. The van der Waals surface area contributed by atoms with E-state index in [1.54, 1.807) is 24.1 Å². The number of anilines is 1. The molecule has 2 aromatic carbocycles. The van der Waals surface area contributed by atoms with Crippen LogP contribution in [0.4, 0.5) is 10.5 Å². The number of aromatic nitrogens is 2. The van der Waals surface area contributed by atoms with Crippen molar-refractivity contribution in [1.29, 1.82) is 0 Å². The van der Waals surface area contributed by atoms with Crippen LogP contribution in [0.15, 0.2) is 59.1 Å². The van der Waals surface area contributed by atoms with E-state index in [1.165, 1.54) is 0 Å². The van der Waals surface area contributed by atoms with E-state index in [4.69, 9.17) is 9.26 Å². The van der Waals surface area contributed by atoms with Crippen LogP contribution in [-0.2, 0) is 6.54 Å². The van der Waals surface area contributed by atoms with E-state index in [1.807, 2.05) is 56.3 Å². The number of nitrogens with zero attached hydrogens (tertiary/aromatic N) is 3. The van der Waals surface area contributed by atoms with E-state index < -0.39 is 0 Å². The van der Waals surface area contributed by atoms with Gasteiger partial charge in [-0.3, -0.25) is 0 Å². The summed E-state index contributed by atoms with van der Waals surface area (Å²) in [6.07, 6.45) is 0. The van der Waals surface area contributed by atoms with Gasteiger partial charge >= 0.3 is 6.03 Å². The first-order valence-electron chi connectivity index (χ1n) is 8.67. The van der Waals surface area contributed by atoms with Crippen molar-refractivity contribution in [2.45, 2.75) is 26.4 Å². The van der Waals surface area contributed by atoms with E-state index in [9.17, 15) is 4.79 Å². The number of hydrogen-bond donors (Lipinski definition) is 1. The summed E-state index contributed by atoms with van der Waals surface area (Å²) in [5.41, 5.74) is 1.47. The average molecular weight is 366 g/mol. The fourth-order valence-corrected chi connectivity index (χ4v) is 2.59. The topological polar surface area (TPSA) is 80.5 Å². The number of carbonyl (C=O) groups excluding carboxylic acids is 1. The van der Waals surface area contributed by atoms with E-state index in [0.29, 0.717) is 23.2 Å². The minimum atomic E-state index is -0.269. The van der Waals surface area contributed by atoms with Crippen molar-refractivity contribution in [1.82, 2.24) is 15.0 Å². The second-order valence-corrected chi connectivity index (χ2v) is 6.23. The number of benzene rings is 2. The Bertz CT molecular complexity index is 893. The largest absolute Gasteiger partial charge is 0.495 e. The Kier molecular flexibility index (Phi) is 5.71. The minimum Gasteiger partial charge on any atom is -0.495 e. The van der Waals surface area contributed by atoms with Crippen molar-refractivity contribution in [2.24, 2.45) is 0 Å². The zero-order valence-corrected chi connectivity index (χ0v) is 15.5. The van der Waals surface area contributed by atoms with Gasteiger partial charge in [-0.2, -0.15) is 4.98 Å². The molecule has 7 nitrogen and oxygen atoms in total. The second-order valence-electron chi connectivity index (χ2n) is 6.23. The molecule has 0 spiro atoms. The van der Waals surface area contributed by atoms with E-state index in [0.717, 1.165) is 5.56 Å². The lowest BCUT2D eigenvalue weighted by Crippen LogP contribution is -2.39. The quantitative estimate of drug-likeness (QED) is 0.707. The molecule has 3 rings (SSSR count). The van der Waals surface area contributed by atoms with Gasteiger partial charge in [0.25, 0.3) is 0 Å². The summed E-state index contributed by atoms with van der Waals surface area (Å²) >= 11 is 0. The molecule has 1 aromatic heterocycles. The number of methoxy groups -OCH3 is 1. The van der Waals surface area contributed by atoms with Gasteiger partial charge in [-0.15, -0.1) is 0 Å². The lowest BCUT2D eigenvalue weighted by atomic mass is 10.2. The van der Waals surface area contributed by atoms with Crippen molar-refractivity contribution in [3.63, 3.8) is 0 Å². The molecular formula is C20H22N4O3. The predicted octanol–water partition coefficient (Wildman–Crippen LogP) is 4.19. The fourth-order valence-electron chi connectivity index (χ4n) is 2.59. The summed E-state index contributed by atoms with van der Waals surface area (Å²) in [7, 11) is 1.56. The number of ether oxygens (including phenoxy) is 1. The van der Waals surface area contributed by atoms with Crippen LogP contribution in [-0.4, -0.2) is 34.2 Å². The van der Waals surface area contributed by atoms with Crippen LogP contribution < -0.4 is 10.1 Å². The Hall–Kier alpha value is -3.35. The number of urea groups is 1. The lowest BCUT2D eigenvalue weighted by Gasteiger charge is -2.25. The smallest absolute Gasteiger partial charge is 0.322 e. The van der Waals surface area contributed by atoms with Crippen LogP contribution in [0.3, 0.4) is 0 Å². The maximum absolute atomic E-state index is 12.8. The highest BCUT2D eigenvalue weighted by atomic mass is 16.5. The van der Waals surface area contributed by atoms with E-state index in [-0.39, 0.29) is 18.6 Å². The molecule has 0 bridgehead atoms. The number of carbonyl (C=O) groups is 1. The molecule has 0 saturated carbocycles. The zero-order chi connectivity index (χ0) is 19.2. The van der Waals surface area contributed by atoms with Gasteiger partial charge in [-0.25, -0.2) is 4.79 Å². The molecule has 0 aliphatic carbocycles. The first-order valence-corrected chi connectivity index (χ1v) is 8.67. The van der Waals surface area contributed by atoms with Gasteiger partial charge in [-0.1, -0.05) is 47.6 Å². The van der Waals surface area contributed by atoms with Crippen molar-refractivity contribution >= 4 is 11.7 Å². The molecule has 1 heterocycles. The fraction of sp³-hybridized carbons (Fsp3) is 0.250. The summed E-state index contributed by atoms with van der Waals surface area (Å²) in [5, 5.41) is 6.88. The van der Waals surface area contributed by atoms with Gasteiger partial charge < -0.3 is 19.5 Å². The molecule has 7 heteroatoms. The molecule has 0 atom stereocenters. The van der Waals surface area contributed by atoms with Crippen LogP contribution in [0.25, 0.3) is 11.4 Å². The summed E-state index contributed by atoms with van der Waals surface area (Å²) in [5.74, 6) is 1.47. The molecule has 0 unspecified atom stereocenters. The number of rotatable bonds is 6. The van der Waals surface area contributed by atoms with Crippen LogP contribution in [0.2, 0.25) is 0 Å². The summed E-state index contributed by atoms with van der Waals surface area (Å²) in [6, 6.07) is 16.5. The molecule has 0 fully saturated rings. The molecule has 0 radical (unpaired) electrons. The molecule has 27 heavy (non-hydrogen) atoms. The Morgan fingerprint density at radius 3 is 2.56 bits per heavy atom. The van der Waals surface area contributed by atoms with Crippen molar-refractivity contribution in [3.8, 4) is 17.1 Å². The highest BCUT2D eigenvalue weighted by molar-refractivity contribution is 5.91. The SMILES string of the molecule is COc1ccccc1NC(=O)N(Cc1nc(-c2ccccc2)no1)C(C)C. The molecule has 0 aliphatic rings. The van der Waals surface area contributed by atoms with Gasteiger partial charge in [-0.05, 0) is 26.0 Å². The molecule has 3 aromatic rings. The Labute approximate surface area is 158 Å². The predicted molar refractivity (Wildman–Crippen MR) is 102 cm³/mol. The Balaban J connectivity index is 1.74. The molecule has 0 saturated heterocycles. The monoisotopic (exact) mass is 366 g/mol. The third kappa shape index (κ3) is 4.44. The summed E-state index contributed by atoms with van der Waals surface area (Å²) in [6.45, 7) is 4.06. The maximum atomic E-state index is 12.8. The summed E-state index contributed by atoms with van der Waals surface area (Å²) < 4.78 is 10.6. The number of hydrogen-bond acceptors (Lipinski definition) is 5. The highest BCUT2D eigenvalue weighted by Crippen LogP contribution is 2.24. The molecule has 140 valence electrons. The van der Waals surface area contributed by atoms with Crippen LogP contribution in [0.1, 0.15) is 19.7 Å². The number of para-hydroxylation sites is 2. The van der Waals surface area contributed by atoms with Crippen LogP contribution in [0, 0.1) is 0 Å². The van der Waals surface area contributed by atoms with Gasteiger partial charge in [0.1, 0.15) is 12.3 Å². The molecule has 1 N–H and O–H groups in total. The van der Waals surface area contributed by atoms with Crippen molar-refractivity contribution in [2.75, 3.05) is 12.4 Å². The molecular weight excluding hydrogens is 344 g/mol. The van der Waals surface area contributed by atoms with Gasteiger partial charge in [0.2, 0.25) is 11.7 Å². The molecule has 0 aliphatic heterocycles. The first-order chi connectivity index (χ1) is 13.1. The standard InChI is InChI=1S/C20H22N4O3/c1-14(2)24(20(25)21-16-11-7-8-12-17(16)26-3)13-18-22-19(23-27-18)15-9-5-4-6-10-15/h4-12,14H,13H2,1-3H3,(H,21,25). The van der Waals surface area contributed by atoms with Gasteiger partial charge in [0.05, 0.1) is 12.8 Å². The third-order valence-corrected chi connectivity index (χ3v) is 4.04. The maximum Gasteiger partial charge on any atom is 0.322 e. The van der Waals surface area contributed by atoms with E-state index >= 15 is 0 Å². The van der Waals surface area contributed by atoms with Crippen molar-refractivity contribution < 1.29 is 14.1 Å². The summed E-state index contributed by atoms with van der Waals surface area (Å²) in [4.78, 5) is 18.8. The number of nitrogens with one attached hydrogen (secondary N) is 1.